The molecular weight excluding hydrogens is 228 g/mol. The Bertz CT molecular complexity index is 362. The molecule has 0 aliphatic rings. The van der Waals surface area contributed by atoms with E-state index in [0.717, 1.165) is 31.6 Å². The quantitative estimate of drug-likeness (QED) is 0.608. The molecule has 1 rings (SSSR count). The van der Waals surface area contributed by atoms with Gasteiger partial charge in [0.05, 0.1) is 6.20 Å². The standard InChI is InChI=1S/C13H24N4O/c1-4-14-10(2)8-13(18)15-7-5-6-12-9-16-17-11(12)3/h9-10,14H,4-8H2,1-3H3,(H,15,18)(H,16,17). The molecule has 5 heteroatoms. The van der Waals surface area contributed by atoms with Crippen molar-refractivity contribution in [3.05, 3.63) is 17.5 Å². The van der Waals surface area contributed by atoms with Crippen LogP contribution < -0.4 is 10.6 Å². The third-order valence-electron chi connectivity index (χ3n) is 2.92. The molecular formula is C13H24N4O. The number of carbonyl (C=O) groups is 1. The van der Waals surface area contributed by atoms with E-state index >= 15 is 0 Å². The fourth-order valence-electron chi connectivity index (χ4n) is 1.91. The maximum atomic E-state index is 11.6. The summed E-state index contributed by atoms with van der Waals surface area (Å²) in [4.78, 5) is 11.6. The lowest BCUT2D eigenvalue weighted by molar-refractivity contribution is -0.121. The Labute approximate surface area is 109 Å². The van der Waals surface area contributed by atoms with Crippen LogP contribution >= 0.6 is 0 Å². The molecule has 0 fully saturated rings. The molecule has 1 aromatic heterocycles. The van der Waals surface area contributed by atoms with Gasteiger partial charge in [0.2, 0.25) is 5.91 Å². The van der Waals surface area contributed by atoms with Crippen molar-refractivity contribution < 1.29 is 4.79 Å². The van der Waals surface area contributed by atoms with Crippen molar-refractivity contribution in [3.63, 3.8) is 0 Å². The molecule has 5 nitrogen and oxygen atoms in total. The molecule has 102 valence electrons. The lowest BCUT2D eigenvalue weighted by Crippen LogP contribution is -2.34. The highest BCUT2D eigenvalue weighted by Crippen LogP contribution is 2.05. The Morgan fingerprint density at radius 3 is 2.94 bits per heavy atom. The molecule has 0 saturated heterocycles. The summed E-state index contributed by atoms with van der Waals surface area (Å²) >= 11 is 0. The van der Waals surface area contributed by atoms with Crippen molar-refractivity contribution in [1.29, 1.82) is 0 Å². The fraction of sp³-hybridized carbons (Fsp3) is 0.692. The number of hydrogen-bond acceptors (Lipinski definition) is 3. The molecule has 1 heterocycles. The molecule has 0 aromatic carbocycles. The van der Waals surface area contributed by atoms with E-state index in [0.29, 0.717) is 6.42 Å². The second-order valence-corrected chi connectivity index (χ2v) is 4.64. The summed E-state index contributed by atoms with van der Waals surface area (Å²) in [6.07, 6.45) is 4.29. The summed E-state index contributed by atoms with van der Waals surface area (Å²) in [6, 6.07) is 0.242. The number of aryl methyl sites for hydroxylation is 2. The number of aromatic amines is 1. The van der Waals surface area contributed by atoms with Gasteiger partial charge < -0.3 is 10.6 Å². The molecule has 18 heavy (non-hydrogen) atoms. The van der Waals surface area contributed by atoms with Gasteiger partial charge in [-0.05, 0) is 38.8 Å². The monoisotopic (exact) mass is 252 g/mol. The summed E-state index contributed by atoms with van der Waals surface area (Å²) in [6.45, 7) is 7.70. The maximum Gasteiger partial charge on any atom is 0.221 e. The zero-order valence-electron chi connectivity index (χ0n) is 11.5. The fourth-order valence-corrected chi connectivity index (χ4v) is 1.91. The van der Waals surface area contributed by atoms with Gasteiger partial charge in [0, 0.05) is 24.7 Å². The van der Waals surface area contributed by atoms with Crippen molar-refractivity contribution in [1.82, 2.24) is 20.8 Å². The summed E-state index contributed by atoms with van der Waals surface area (Å²) in [5.41, 5.74) is 2.34. The van der Waals surface area contributed by atoms with E-state index in [-0.39, 0.29) is 11.9 Å². The van der Waals surface area contributed by atoms with Crippen molar-refractivity contribution in [2.75, 3.05) is 13.1 Å². The minimum absolute atomic E-state index is 0.118. The number of nitrogens with zero attached hydrogens (tertiary/aromatic N) is 1. The normalized spacial score (nSPS) is 12.4. The van der Waals surface area contributed by atoms with E-state index in [4.69, 9.17) is 0 Å². The molecule has 0 bridgehead atoms. The van der Waals surface area contributed by atoms with Crippen LogP contribution in [0.5, 0.6) is 0 Å². The largest absolute Gasteiger partial charge is 0.356 e. The Balaban J connectivity index is 2.11. The Hall–Kier alpha value is -1.36. The van der Waals surface area contributed by atoms with E-state index in [1.165, 1.54) is 5.56 Å². The number of hydrogen-bond donors (Lipinski definition) is 3. The second-order valence-electron chi connectivity index (χ2n) is 4.64. The van der Waals surface area contributed by atoms with Crippen molar-refractivity contribution in [2.24, 2.45) is 0 Å². The molecule has 0 aliphatic carbocycles. The van der Waals surface area contributed by atoms with Crippen LogP contribution in [-0.4, -0.2) is 35.2 Å². The average molecular weight is 252 g/mol. The van der Waals surface area contributed by atoms with E-state index < -0.39 is 0 Å². The van der Waals surface area contributed by atoms with E-state index in [9.17, 15) is 4.79 Å². The summed E-state index contributed by atoms with van der Waals surface area (Å²) < 4.78 is 0. The number of aromatic nitrogens is 2. The first-order valence-electron chi connectivity index (χ1n) is 6.62. The molecule has 0 saturated carbocycles. The van der Waals surface area contributed by atoms with Gasteiger partial charge in [-0.3, -0.25) is 9.89 Å². The van der Waals surface area contributed by atoms with Gasteiger partial charge in [-0.1, -0.05) is 6.92 Å². The van der Waals surface area contributed by atoms with Crippen molar-refractivity contribution in [2.45, 2.75) is 46.1 Å². The molecule has 0 spiro atoms. The second kappa shape index (κ2) is 7.87. The Morgan fingerprint density at radius 1 is 1.56 bits per heavy atom. The third kappa shape index (κ3) is 5.31. The Morgan fingerprint density at radius 2 is 2.33 bits per heavy atom. The zero-order chi connectivity index (χ0) is 13.4. The zero-order valence-corrected chi connectivity index (χ0v) is 11.5. The van der Waals surface area contributed by atoms with Crippen LogP contribution in [0.1, 0.15) is 37.9 Å². The molecule has 0 radical (unpaired) electrons. The van der Waals surface area contributed by atoms with Crippen LogP contribution in [0, 0.1) is 6.92 Å². The molecule has 1 aromatic rings. The smallest absolute Gasteiger partial charge is 0.221 e. The lowest BCUT2D eigenvalue weighted by atomic mass is 10.1. The summed E-state index contributed by atoms with van der Waals surface area (Å²) in [5.74, 6) is 0.118. The highest BCUT2D eigenvalue weighted by atomic mass is 16.1. The number of H-pyrrole nitrogens is 1. The van der Waals surface area contributed by atoms with Crippen molar-refractivity contribution >= 4 is 5.91 Å². The predicted octanol–water partition coefficient (Wildman–Crippen LogP) is 1.16. The molecule has 1 amide bonds. The highest BCUT2D eigenvalue weighted by Gasteiger charge is 2.07. The van der Waals surface area contributed by atoms with E-state index in [1.807, 2.05) is 27.0 Å². The average Bonchev–Trinajstić information content (AvgIpc) is 2.71. The van der Waals surface area contributed by atoms with Gasteiger partial charge in [-0.25, -0.2) is 0 Å². The van der Waals surface area contributed by atoms with E-state index in [1.54, 1.807) is 0 Å². The summed E-state index contributed by atoms with van der Waals surface area (Å²) in [5, 5.41) is 13.1. The number of amides is 1. The van der Waals surface area contributed by atoms with Gasteiger partial charge in [-0.15, -0.1) is 0 Å². The topological polar surface area (TPSA) is 69.8 Å². The first kappa shape index (κ1) is 14.7. The van der Waals surface area contributed by atoms with Crippen molar-refractivity contribution in [3.8, 4) is 0 Å². The molecule has 1 atom stereocenters. The molecule has 1 unspecified atom stereocenters. The van der Waals surface area contributed by atoms with Crippen LogP contribution in [0.25, 0.3) is 0 Å². The minimum Gasteiger partial charge on any atom is -0.356 e. The van der Waals surface area contributed by atoms with Gasteiger partial charge in [-0.2, -0.15) is 5.10 Å². The lowest BCUT2D eigenvalue weighted by Gasteiger charge is -2.11. The highest BCUT2D eigenvalue weighted by molar-refractivity contribution is 5.76. The van der Waals surface area contributed by atoms with E-state index in [2.05, 4.69) is 20.8 Å². The Kier molecular flexibility index (Phi) is 6.43. The van der Waals surface area contributed by atoms with Gasteiger partial charge in [0.15, 0.2) is 0 Å². The van der Waals surface area contributed by atoms with Gasteiger partial charge >= 0.3 is 0 Å². The summed E-state index contributed by atoms with van der Waals surface area (Å²) in [7, 11) is 0. The van der Waals surface area contributed by atoms with Crippen LogP contribution in [0.15, 0.2) is 6.20 Å². The van der Waals surface area contributed by atoms with Crippen LogP contribution in [-0.2, 0) is 11.2 Å². The molecule has 3 N–H and O–H groups in total. The van der Waals surface area contributed by atoms with Crippen LogP contribution in [0.4, 0.5) is 0 Å². The third-order valence-corrected chi connectivity index (χ3v) is 2.92. The SMILES string of the molecule is CCNC(C)CC(=O)NCCCc1cn[nH]c1C. The van der Waals surface area contributed by atoms with Crippen LogP contribution in [0.3, 0.4) is 0 Å². The van der Waals surface area contributed by atoms with Gasteiger partial charge in [0.25, 0.3) is 0 Å². The minimum atomic E-state index is 0.118. The predicted molar refractivity (Wildman–Crippen MR) is 72.4 cm³/mol. The first-order valence-corrected chi connectivity index (χ1v) is 6.62. The van der Waals surface area contributed by atoms with Gasteiger partial charge in [0.1, 0.15) is 0 Å². The number of carbonyl (C=O) groups excluding carboxylic acids is 1. The number of nitrogens with one attached hydrogen (secondary N) is 3. The van der Waals surface area contributed by atoms with Crippen LogP contribution in [0.2, 0.25) is 0 Å². The first-order chi connectivity index (χ1) is 8.63. The molecule has 0 aliphatic heterocycles. The maximum absolute atomic E-state index is 11.6. The number of rotatable bonds is 8.